The van der Waals surface area contributed by atoms with Gasteiger partial charge in [0, 0.05) is 0 Å². The zero-order valence-corrected chi connectivity index (χ0v) is 19.7. The molecule has 176 valence electrons. The van der Waals surface area contributed by atoms with Crippen LogP contribution in [0.2, 0.25) is 0 Å². The maximum atomic E-state index is 12.7. The number of amides is 2. The number of hydrogen-bond acceptors (Lipinski definition) is 6. The van der Waals surface area contributed by atoms with Crippen molar-refractivity contribution in [1.82, 2.24) is 5.43 Å². The fourth-order valence-corrected chi connectivity index (χ4v) is 3.85. The number of ether oxygens (including phenoxy) is 2. The molecule has 2 N–H and O–H groups in total. The van der Waals surface area contributed by atoms with E-state index in [2.05, 4.69) is 15.8 Å². The summed E-state index contributed by atoms with van der Waals surface area (Å²) in [5.74, 6) is 0.439. The minimum atomic E-state index is -0.446. The molecule has 1 heterocycles. The third-order valence-corrected chi connectivity index (χ3v) is 5.84. The van der Waals surface area contributed by atoms with Gasteiger partial charge in [-0.2, -0.15) is 5.10 Å². The Labute approximate surface area is 207 Å². The molecule has 4 aromatic rings. The predicted octanol–water partition coefficient (Wildman–Crippen LogP) is 5.35. The van der Waals surface area contributed by atoms with E-state index in [1.807, 2.05) is 41.8 Å². The summed E-state index contributed by atoms with van der Waals surface area (Å²) in [4.78, 5) is 25.6. The number of anilines is 1. The van der Waals surface area contributed by atoms with Crippen molar-refractivity contribution in [3.63, 3.8) is 0 Å². The van der Waals surface area contributed by atoms with Gasteiger partial charge in [0.2, 0.25) is 0 Å². The van der Waals surface area contributed by atoms with Gasteiger partial charge in [0.05, 0.1) is 29.5 Å². The largest absolute Gasteiger partial charge is 0.493 e. The van der Waals surface area contributed by atoms with Crippen LogP contribution in [0.15, 0.2) is 95.4 Å². The molecule has 0 spiro atoms. The molecule has 0 aliphatic carbocycles. The van der Waals surface area contributed by atoms with Crippen molar-refractivity contribution in [3.05, 3.63) is 112 Å². The molecule has 35 heavy (non-hydrogen) atoms. The van der Waals surface area contributed by atoms with Gasteiger partial charge < -0.3 is 14.8 Å². The number of carbonyl (C=O) groups is 2. The maximum absolute atomic E-state index is 12.7. The summed E-state index contributed by atoms with van der Waals surface area (Å²) in [7, 11) is 1.56. The monoisotopic (exact) mass is 485 g/mol. The number of hydrazone groups is 1. The van der Waals surface area contributed by atoms with Crippen LogP contribution in [0.1, 0.15) is 31.2 Å². The Morgan fingerprint density at radius 2 is 1.71 bits per heavy atom. The fourth-order valence-electron chi connectivity index (χ4n) is 3.23. The van der Waals surface area contributed by atoms with Gasteiger partial charge in [-0.05, 0) is 52.9 Å². The lowest BCUT2D eigenvalue weighted by Gasteiger charge is -2.11. The lowest BCUT2D eigenvalue weighted by Crippen LogP contribution is -2.21. The van der Waals surface area contributed by atoms with Crippen LogP contribution in [-0.4, -0.2) is 25.1 Å². The van der Waals surface area contributed by atoms with E-state index in [9.17, 15) is 9.59 Å². The Balaban J connectivity index is 1.39. The Bertz CT molecular complexity index is 1320. The average molecular weight is 486 g/mol. The summed E-state index contributed by atoms with van der Waals surface area (Å²) >= 11 is 1.33. The normalized spacial score (nSPS) is 10.7. The standard InChI is InChI=1S/C27H23N3O4S/c1-33-24-16-20(13-14-23(24)34-18-19-8-3-2-4-9-19)17-28-30-26(31)21-10-5-6-11-22(21)29-27(32)25-12-7-15-35-25/h2-17H,18H2,1H3,(H,29,32)(H,30,31)/b28-17-. The number of carbonyl (C=O) groups excluding carboxylic acids is 2. The van der Waals surface area contributed by atoms with Gasteiger partial charge in [0.15, 0.2) is 11.5 Å². The van der Waals surface area contributed by atoms with Crippen LogP contribution in [0.25, 0.3) is 0 Å². The summed E-state index contributed by atoms with van der Waals surface area (Å²) in [6, 6.07) is 25.5. The Morgan fingerprint density at radius 3 is 2.49 bits per heavy atom. The van der Waals surface area contributed by atoms with Crippen LogP contribution in [0.3, 0.4) is 0 Å². The first kappa shape index (κ1) is 23.7. The van der Waals surface area contributed by atoms with Crippen molar-refractivity contribution in [2.75, 3.05) is 12.4 Å². The summed E-state index contributed by atoms with van der Waals surface area (Å²) in [5.41, 5.74) is 4.98. The van der Waals surface area contributed by atoms with Crippen molar-refractivity contribution in [2.45, 2.75) is 6.61 Å². The van der Waals surface area contributed by atoms with Gasteiger partial charge in [-0.25, -0.2) is 5.43 Å². The van der Waals surface area contributed by atoms with Gasteiger partial charge in [-0.15, -0.1) is 11.3 Å². The van der Waals surface area contributed by atoms with Crippen molar-refractivity contribution >= 4 is 35.1 Å². The topological polar surface area (TPSA) is 89.0 Å². The highest BCUT2D eigenvalue weighted by Crippen LogP contribution is 2.28. The number of rotatable bonds is 9. The van der Waals surface area contributed by atoms with Gasteiger partial charge in [0.1, 0.15) is 6.61 Å². The highest BCUT2D eigenvalue weighted by Gasteiger charge is 2.14. The van der Waals surface area contributed by atoms with E-state index < -0.39 is 5.91 Å². The van der Waals surface area contributed by atoms with E-state index in [4.69, 9.17) is 9.47 Å². The van der Waals surface area contributed by atoms with Gasteiger partial charge in [-0.3, -0.25) is 9.59 Å². The van der Waals surface area contributed by atoms with Crippen molar-refractivity contribution in [2.24, 2.45) is 5.10 Å². The first-order valence-electron chi connectivity index (χ1n) is 10.8. The summed E-state index contributed by atoms with van der Waals surface area (Å²) in [5, 5.41) is 8.65. The maximum Gasteiger partial charge on any atom is 0.273 e. The van der Waals surface area contributed by atoms with Crippen LogP contribution in [0.5, 0.6) is 11.5 Å². The highest BCUT2D eigenvalue weighted by molar-refractivity contribution is 7.12. The molecule has 0 fully saturated rings. The first-order chi connectivity index (χ1) is 17.1. The Kier molecular flexibility index (Phi) is 7.88. The number of para-hydroxylation sites is 1. The summed E-state index contributed by atoms with van der Waals surface area (Å²) in [6.45, 7) is 0.420. The van der Waals surface area contributed by atoms with Crippen molar-refractivity contribution < 1.29 is 19.1 Å². The molecule has 0 atom stereocenters. The molecular formula is C27H23N3O4S. The molecule has 0 unspecified atom stereocenters. The lowest BCUT2D eigenvalue weighted by molar-refractivity contribution is 0.0956. The highest BCUT2D eigenvalue weighted by atomic mass is 32.1. The Hall–Kier alpha value is -4.43. The number of thiophene rings is 1. The van der Waals surface area contributed by atoms with Gasteiger partial charge >= 0.3 is 0 Å². The summed E-state index contributed by atoms with van der Waals surface area (Å²) in [6.07, 6.45) is 1.51. The molecule has 0 aliphatic heterocycles. The zero-order valence-electron chi connectivity index (χ0n) is 18.9. The van der Waals surface area contributed by atoms with Crippen LogP contribution in [0.4, 0.5) is 5.69 Å². The van der Waals surface area contributed by atoms with E-state index in [1.165, 1.54) is 17.6 Å². The summed E-state index contributed by atoms with van der Waals surface area (Å²) < 4.78 is 11.3. The van der Waals surface area contributed by atoms with E-state index >= 15 is 0 Å². The third-order valence-electron chi connectivity index (χ3n) is 4.97. The zero-order chi connectivity index (χ0) is 24.5. The van der Waals surface area contributed by atoms with Crippen LogP contribution in [-0.2, 0) is 6.61 Å². The van der Waals surface area contributed by atoms with E-state index in [-0.39, 0.29) is 5.91 Å². The van der Waals surface area contributed by atoms with Crippen LogP contribution >= 0.6 is 11.3 Å². The number of methoxy groups -OCH3 is 1. The lowest BCUT2D eigenvalue weighted by atomic mass is 10.1. The number of hydrogen-bond donors (Lipinski definition) is 2. The van der Waals surface area contributed by atoms with E-state index in [0.717, 1.165) is 5.56 Å². The molecule has 0 saturated heterocycles. The van der Waals surface area contributed by atoms with Crippen LogP contribution < -0.4 is 20.2 Å². The Morgan fingerprint density at radius 1 is 0.914 bits per heavy atom. The fraction of sp³-hybridized carbons (Fsp3) is 0.0741. The second-order valence-electron chi connectivity index (χ2n) is 7.36. The molecule has 1 aromatic heterocycles. The van der Waals surface area contributed by atoms with Crippen LogP contribution in [0, 0.1) is 0 Å². The molecule has 4 rings (SSSR count). The molecular weight excluding hydrogens is 462 g/mol. The van der Waals surface area contributed by atoms with E-state index in [1.54, 1.807) is 55.6 Å². The minimum absolute atomic E-state index is 0.273. The second-order valence-corrected chi connectivity index (χ2v) is 8.31. The first-order valence-corrected chi connectivity index (χ1v) is 11.6. The molecule has 0 saturated carbocycles. The molecule has 8 heteroatoms. The molecule has 7 nitrogen and oxygen atoms in total. The number of benzene rings is 3. The molecule has 2 amide bonds. The molecule has 0 radical (unpaired) electrons. The SMILES string of the molecule is COc1cc(/C=N\NC(=O)c2ccccc2NC(=O)c2cccs2)ccc1OCc1ccccc1. The quantitative estimate of drug-likeness (QED) is 0.247. The van der Waals surface area contributed by atoms with Crippen molar-refractivity contribution in [1.29, 1.82) is 0 Å². The van der Waals surface area contributed by atoms with Gasteiger partial charge in [0.25, 0.3) is 11.8 Å². The third kappa shape index (κ3) is 6.33. The molecule has 0 bridgehead atoms. The van der Waals surface area contributed by atoms with Crippen molar-refractivity contribution in [3.8, 4) is 11.5 Å². The second kappa shape index (κ2) is 11.6. The predicted molar refractivity (Wildman–Crippen MR) is 138 cm³/mol. The number of nitrogens with one attached hydrogen (secondary N) is 2. The molecule has 0 aliphatic rings. The van der Waals surface area contributed by atoms with E-state index in [0.29, 0.717) is 39.8 Å². The smallest absolute Gasteiger partial charge is 0.273 e. The average Bonchev–Trinajstić information content (AvgIpc) is 3.44. The molecule has 3 aromatic carbocycles. The number of nitrogens with zero attached hydrogens (tertiary/aromatic N) is 1. The minimum Gasteiger partial charge on any atom is -0.493 e. The van der Waals surface area contributed by atoms with Gasteiger partial charge in [-0.1, -0.05) is 48.5 Å².